The highest BCUT2D eigenvalue weighted by molar-refractivity contribution is 8.13. The molecular weight excluding hydrogens is 313 g/mol. The minimum absolute atomic E-state index is 0.400. The summed E-state index contributed by atoms with van der Waals surface area (Å²) >= 11 is 0. The Morgan fingerprint density at radius 1 is 1.37 bits per heavy atom. The molecule has 0 saturated heterocycles. The van der Waals surface area contributed by atoms with Crippen molar-refractivity contribution in [3.05, 3.63) is 33.4 Å². The molecule has 0 unspecified atom stereocenters. The zero-order chi connectivity index (χ0) is 15.0. The average Bonchev–Trinajstić information content (AvgIpc) is 2.24. The van der Waals surface area contributed by atoms with Crippen LogP contribution < -0.4 is 0 Å². The van der Waals surface area contributed by atoms with Gasteiger partial charge in [0.25, 0.3) is 9.05 Å². The Bertz CT molecular complexity index is 693. The summed E-state index contributed by atoms with van der Waals surface area (Å²) in [5.41, 5.74) is -4.62. The number of benzene rings is 1. The summed E-state index contributed by atoms with van der Waals surface area (Å²) in [6.45, 7) is 0. The molecule has 0 amide bonds. The average molecular weight is 315 g/mol. The van der Waals surface area contributed by atoms with E-state index in [0.717, 1.165) is 0 Å². The first-order valence-electron chi connectivity index (χ1n) is 4.23. The van der Waals surface area contributed by atoms with Crippen LogP contribution in [-0.2, 0) is 15.2 Å². The second-order valence-electron chi connectivity index (χ2n) is 3.14. The number of rotatable bonds is 2. The fourth-order valence-electron chi connectivity index (χ4n) is 1.33. The van der Waals surface area contributed by atoms with Crippen LogP contribution in [0.4, 0.5) is 18.9 Å². The summed E-state index contributed by atoms with van der Waals surface area (Å²) in [6.07, 6.45) is -5.35. The largest absolute Gasteiger partial charge is 0.424 e. The zero-order valence-electron chi connectivity index (χ0n) is 8.60. The molecule has 0 aromatic heterocycles. The van der Waals surface area contributed by atoms with E-state index < -0.39 is 41.9 Å². The second kappa shape index (κ2) is 4.67. The van der Waals surface area contributed by atoms with Crippen LogP contribution in [0.15, 0.2) is 17.0 Å². The van der Waals surface area contributed by atoms with Crippen LogP contribution in [0, 0.1) is 21.4 Å². The first-order valence-corrected chi connectivity index (χ1v) is 6.54. The smallest absolute Gasteiger partial charge is 0.258 e. The molecule has 1 rings (SSSR count). The SMILES string of the molecule is N#Cc1ccc(S(=O)(=O)Cl)c(C(F)(F)F)c1[N+](=O)[O-]. The Balaban J connectivity index is 3.99. The van der Waals surface area contributed by atoms with Crippen molar-refractivity contribution in [2.24, 2.45) is 0 Å². The molecule has 0 radical (unpaired) electrons. The zero-order valence-corrected chi connectivity index (χ0v) is 10.2. The lowest BCUT2D eigenvalue weighted by atomic mass is 10.1. The lowest BCUT2D eigenvalue weighted by molar-refractivity contribution is -0.388. The van der Waals surface area contributed by atoms with Gasteiger partial charge < -0.3 is 0 Å². The highest BCUT2D eigenvalue weighted by atomic mass is 35.7. The lowest BCUT2D eigenvalue weighted by Crippen LogP contribution is -2.15. The Morgan fingerprint density at radius 2 is 1.89 bits per heavy atom. The molecule has 1 aromatic carbocycles. The molecule has 11 heteroatoms. The molecule has 0 heterocycles. The van der Waals surface area contributed by atoms with E-state index in [-0.39, 0.29) is 0 Å². The summed E-state index contributed by atoms with van der Waals surface area (Å²) in [5, 5.41) is 19.2. The summed E-state index contributed by atoms with van der Waals surface area (Å²) in [4.78, 5) is 7.70. The molecule has 0 aliphatic carbocycles. The van der Waals surface area contributed by atoms with Gasteiger partial charge in [0.05, 0.1) is 4.92 Å². The summed E-state index contributed by atoms with van der Waals surface area (Å²) in [5.74, 6) is 0. The molecular formula is C8H2ClF3N2O4S. The fraction of sp³-hybridized carbons (Fsp3) is 0.125. The summed E-state index contributed by atoms with van der Waals surface area (Å²) < 4.78 is 60.4. The van der Waals surface area contributed by atoms with Crippen LogP contribution in [0.5, 0.6) is 0 Å². The first-order chi connectivity index (χ1) is 8.50. The predicted molar refractivity (Wildman–Crippen MR) is 55.9 cm³/mol. The molecule has 102 valence electrons. The van der Waals surface area contributed by atoms with Crippen molar-refractivity contribution in [1.29, 1.82) is 5.26 Å². The van der Waals surface area contributed by atoms with Crippen LogP contribution in [0.2, 0.25) is 0 Å². The maximum atomic E-state index is 12.8. The van der Waals surface area contributed by atoms with Crippen molar-refractivity contribution >= 4 is 25.4 Å². The van der Waals surface area contributed by atoms with E-state index in [1.54, 1.807) is 0 Å². The van der Waals surface area contributed by atoms with Crippen LogP contribution in [-0.4, -0.2) is 13.3 Å². The van der Waals surface area contributed by atoms with Gasteiger partial charge in [0.1, 0.15) is 16.5 Å². The maximum Gasteiger partial charge on any atom is 0.424 e. The monoisotopic (exact) mass is 314 g/mol. The number of nitro groups is 1. The molecule has 0 N–H and O–H groups in total. The van der Waals surface area contributed by atoms with Crippen molar-refractivity contribution in [3.8, 4) is 6.07 Å². The van der Waals surface area contributed by atoms with E-state index in [0.29, 0.717) is 12.1 Å². The predicted octanol–water partition coefficient (Wildman–Crippen LogP) is 2.41. The van der Waals surface area contributed by atoms with Gasteiger partial charge >= 0.3 is 11.9 Å². The standard InChI is InChI=1S/C8H2ClF3N2O4S/c9-19(17,18)5-2-1-4(3-13)7(14(15)16)6(5)8(10,11)12/h1-2H. The molecule has 0 bridgehead atoms. The van der Waals surface area contributed by atoms with Gasteiger partial charge in [-0.2, -0.15) is 18.4 Å². The number of hydrogen-bond donors (Lipinski definition) is 0. The van der Waals surface area contributed by atoms with E-state index in [9.17, 15) is 31.7 Å². The normalized spacial score (nSPS) is 11.9. The molecule has 0 aliphatic heterocycles. The van der Waals surface area contributed by atoms with Crippen molar-refractivity contribution in [1.82, 2.24) is 0 Å². The lowest BCUT2D eigenvalue weighted by Gasteiger charge is -2.11. The summed E-state index contributed by atoms with van der Waals surface area (Å²) in [6, 6.07) is 2.17. The summed E-state index contributed by atoms with van der Waals surface area (Å²) in [7, 11) is -0.0506. The maximum absolute atomic E-state index is 12.8. The quantitative estimate of drug-likeness (QED) is 0.474. The van der Waals surface area contributed by atoms with Crippen LogP contribution in [0.3, 0.4) is 0 Å². The topological polar surface area (TPSA) is 101 Å². The molecule has 0 fully saturated rings. The van der Waals surface area contributed by atoms with Crippen molar-refractivity contribution in [2.75, 3.05) is 0 Å². The van der Waals surface area contributed by atoms with Gasteiger partial charge in [-0.1, -0.05) is 0 Å². The minimum Gasteiger partial charge on any atom is -0.258 e. The third kappa shape index (κ3) is 2.94. The number of halogens is 4. The third-order valence-electron chi connectivity index (χ3n) is 1.99. The van der Waals surface area contributed by atoms with Crippen molar-refractivity contribution in [3.63, 3.8) is 0 Å². The highest BCUT2D eigenvalue weighted by Gasteiger charge is 2.45. The van der Waals surface area contributed by atoms with Gasteiger partial charge in [-0.15, -0.1) is 0 Å². The van der Waals surface area contributed by atoms with E-state index in [1.165, 1.54) is 6.07 Å². The van der Waals surface area contributed by atoms with Crippen LogP contribution in [0.1, 0.15) is 11.1 Å². The molecule has 0 atom stereocenters. The molecule has 19 heavy (non-hydrogen) atoms. The molecule has 1 aromatic rings. The van der Waals surface area contributed by atoms with Crippen molar-refractivity contribution in [2.45, 2.75) is 11.1 Å². The van der Waals surface area contributed by atoms with Crippen molar-refractivity contribution < 1.29 is 26.5 Å². The van der Waals surface area contributed by atoms with Gasteiger partial charge in [-0.3, -0.25) is 10.1 Å². The molecule has 6 nitrogen and oxygen atoms in total. The van der Waals surface area contributed by atoms with E-state index in [4.69, 9.17) is 15.9 Å². The number of nitrogens with zero attached hydrogens (tertiary/aromatic N) is 2. The minimum atomic E-state index is -5.35. The fourth-order valence-corrected chi connectivity index (χ4v) is 2.40. The molecule has 0 aliphatic rings. The van der Waals surface area contributed by atoms with Gasteiger partial charge in [-0.05, 0) is 12.1 Å². The Kier molecular flexibility index (Phi) is 3.74. The Morgan fingerprint density at radius 3 is 2.21 bits per heavy atom. The number of nitro benzene ring substituents is 1. The molecule has 0 spiro atoms. The highest BCUT2D eigenvalue weighted by Crippen LogP contribution is 2.42. The van der Waals surface area contributed by atoms with E-state index in [1.807, 2.05) is 0 Å². The van der Waals surface area contributed by atoms with Crippen LogP contribution in [0.25, 0.3) is 0 Å². The Labute approximate surface area is 108 Å². The number of hydrogen-bond acceptors (Lipinski definition) is 5. The van der Waals surface area contributed by atoms with Gasteiger partial charge in [-0.25, -0.2) is 8.42 Å². The van der Waals surface area contributed by atoms with E-state index >= 15 is 0 Å². The first kappa shape index (κ1) is 15.2. The van der Waals surface area contributed by atoms with E-state index in [2.05, 4.69) is 0 Å². The second-order valence-corrected chi connectivity index (χ2v) is 5.67. The Hall–Kier alpha value is -1.86. The van der Waals surface area contributed by atoms with Gasteiger partial charge in [0.15, 0.2) is 5.56 Å². The third-order valence-corrected chi connectivity index (χ3v) is 3.35. The van der Waals surface area contributed by atoms with Crippen LogP contribution >= 0.6 is 10.7 Å². The van der Waals surface area contributed by atoms with Gasteiger partial charge in [0.2, 0.25) is 0 Å². The number of nitriles is 1. The number of alkyl halides is 3. The van der Waals surface area contributed by atoms with Gasteiger partial charge in [0, 0.05) is 10.7 Å². The molecule has 0 saturated carbocycles.